The van der Waals surface area contributed by atoms with E-state index in [2.05, 4.69) is 26.9 Å². The molecule has 1 amide bonds. The minimum absolute atomic E-state index is 0.000300. The molecule has 104 valence electrons. The smallest absolute Gasteiger partial charge is 0.241 e. The minimum Gasteiger partial charge on any atom is -0.362 e. The monoisotopic (exact) mass is 325 g/mol. The molecule has 0 spiro atoms. The number of nitrogens with zero attached hydrogens (tertiary/aromatic N) is 2. The van der Waals surface area contributed by atoms with E-state index in [9.17, 15) is 4.79 Å². The second-order valence-electron chi connectivity index (χ2n) is 5.08. The molecule has 1 fully saturated rings. The number of rotatable bonds is 2. The van der Waals surface area contributed by atoms with Gasteiger partial charge in [-0.2, -0.15) is 0 Å². The lowest BCUT2D eigenvalue weighted by atomic mass is 10.1. The van der Waals surface area contributed by atoms with Gasteiger partial charge in [0.05, 0.1) is 6.54 Å². The van der Waals surface area contributed by atoms with Crippen LogP contribution in [0.2, 0.25) is 0 Å². The van der Waals surface area contributed by atoms with Crippen LogP contribution in [0.25, 0.3) is 0 Å². The summed E-state index contributed by atoms with van der Waals surface area (Å²) in [6, 6.07) is 6.13. The lowest BCUT2D eigenvalue weighted by Crippen LogP contribution is -2.34. The number of benzene rings is 1. The first-order valence-electron chi connectivity index (χ1n) is 6.53. The van der Waals surface area contributed by atoms with Crippen LogP contribution in [0.3, 0.4) is 0 Å². The predicted molar refractivity (Wildman–Crippen MR) is 81.2 cm³/mol. The topological polar surface area (TPSA) is 49.6 Å². The lowest BCUT2D eigenvalue weighted by Gasteiger charge is -2.23. The number of likely N-dealkylation sites (N-methyl/N-ethyl adjacent to an activating group) is 1. The third-order valence-electron chi connectivity index (χ3n) is 3.51. The SMILES string of the molecule is C[C@@H](N)c1ccc(N2CCCN(C)C(=O)C2)cc1Br. The van der Waals surface area contributed by atoms with Crippen LogP contribution in [0.4, 0.5) is 5.69 Å². The summed E-state index contributed by atoms with van der Waals surface area (Å²) in [5.41, 5.74) is 8.06. The average molecular weight is 326 g/mol. The highest BCUT2D eigenvalue weighted by atomic mass is 79.9. The van der Waals surface area contributed by atoms with Crippen molar-refractivity contribution in [2.24, 2.45) is 5.73 Å². The van der Waals surface area contributed by atoms with E-state index in [-0.39, 0.29) is 11.9 Å². The molecule has 0 radical (unpaired) electrons. The van der Waals surface area contributed by atoms with E-state index in [1.807, 2.05) is 26.1 Å². The molecule has 0 aromatic heterocycles. The standard InChI is InChI=1S/C14H20BrN3O/c1-10(16)12-5-4-11(8-13(12)15)18-7-3-6-17(2)14(19)9-18/h4-5,8,10H,3,6-7,9,16H2,1-2H3/t10-/m1/s1. The van der Waals surface area contributed by atoms with E-state index >= 15 is 0 Å². The Morgan fingerprint density at radius 1 is 1.37 bits per heavy atom. The normalized spacial score (nSPS) is 18.4. The van der Waals surface area contributed by atoms with Crippen molar-refractivity contribution in [3.05, 3.63) is 28.2 Å². The van der Waals surface area contributed by atoms with Gasteiger partial charge in [-0.15, -0.1) is 0 Å². The van der Waals surface area contributed by atoms with Gasteiger partial charge >= 0.3 is 0 Å². The molecule has 1 aromatic carbocycles. The lowest BCUT2D eigenvalue weighted by molar-refractivity contribution is -0.127. The Balaban J connectivity index is 2.22. The number of hydrogen-bond acceptors (Lipinski definition) is 3. The van der Waals surface area contributed by atoms with Crippen molar-refractivity contribution in [3.8, 4) is 0 Å². The molecule has 1 saturated heterocycles. The summed E-state index contributed by atoms with van der Waals surface area (Å²) in [6.45, 7) is 4.14. The molecule has 1 aromatic rings. The molecule has 0 unspecified atom stereocenters. The second-order valence-corrected chi connectivity index (χ2v) is 5.94. The second kappa shape index (κ2) is 5.92. The molecule has 0 aliphatic carbocycles. The first-order valence-corrected chi connectivity index (χ1v) is 7.32. The van der Waals surface area contributed by atoms with Gasteiger partial charge in [0.15, 0.2) is 0 Å². The number of carbonyl (C=O) groups excluding carboxylic acids is 1. The van der Waals surface area contributed by atoms with Crippen molar-refractivity contribution in [2.45, 2.75) is 19.4 Å². The molecule has 1 aliphatic rings. The summed E-state index contributed by atoms with van der Waals surface area (Å²) < 4.78 is 1.00. The third-order valence-corrected chi connectivity index (χ3v) is 4.20. The van der Waals surface area contributed by atoms with E-state index < -0.39 is 0 Å². The van der Waals surface area contributed by atoms with Gasteiger partial charge in [-0.1, -0.05) is 22.0 Å². The van der Waals surface area contributed by atoms with E-state index in [0.717, 1.165) is 35.2 Å². The van der Waals surface area contributed by atoms with E-state index in [1.165, 1.54) is 0 Å². The van der Waals surface area contributed by atoms with Crippen LogP contribution in [-0.4, -0.2) is 37.5 Å². The highest BCUT2D eigenvalue weighted by Gasteiger charge is 2.19. The summed E-state index contributed by atoms with van der Waals surface area (Å²) in [6.07, 6.45) is 0.995. The largest absolute Gasteiger partial charge is 0.362 e. The summed E-state index contributed by atoms with van der Waals surface area (Å²) in [4.78, 5) is 15.8. The maximum atomic E-state index is 11.9. The number of amides is 1. The van der Waals surface area contributed by atoms with Crippen LogP contribution in [0.15, 0.2) is 22.7 Å². The third kappa shape index (κ3) is 3.28. The van der Waals surface area contributed by atoms with E-state index in [0.29, 0.717) is 6.54 Å². The fraction of sp³-hybridized carbons (Fsp3) is 0.500. The molecule has 2 rings (SSSR count). The van der Waals surface area contributed by atoms with Crippen LogP contribution in [-0.2, 0) is 4.79 Å². The number of hydrogen-bond donors (Lipinski definition) is 1. The Morgan fingerprint density at radius 2 is 2.11 bits per heavy atom. The summed E-state index contributed by atoms with van der Waals surface area (Å²) >= 11 is 3.56. The van der Waals surface area contributed by atoms with Crippen LogP contribution in [0.1, 0.15) is 24.9 Å². The fourth-order valence-electron chi connectivity index (χ4n) is 2.29. The fourth-order valence-corrected chi connectivity index (χ4v) is 3.02. The quantitative estimate of drug-likeness (QED) is 0.906. The summed E-state index contributed by atoms with van der Waals surface area (Å²) in [5.74, 6) is 0.171. The molecule has 1 heterocycles. The number of halogens is 1. The number of nitrogens with two attached hydrogens (primary N) is 1. The van der Waals surface area contributed by atoms with E-state index in [4.69, 9.17) is 5.73 Å². The van der Waals surface area contributed by atoms with Gasteiger partial charge in [0.25, 0.3) is 0 Å². The highest BCUT2D eigenvalue weighted by molar-refractivity contribution is 9.10. The summed E-state index contributed by atoms with van der Waals surface area (Å²) in [7, 11) is 1.86. The van der Waals surface area contributed by atoms with Gasteiger partial charge in [0, 0.05) is 36.3 Å². The van der Waals surface area contributed by atoms with Gasteiger partial charge in [0.2, 0.25) is 5.91 Å². The van der Waals surface area contributed by atoms with E-state index in [1.54, 1.807) is 4.90 Å². The van der Waals surface area contributed by atoms with Crippen molar-refractivity contribution in [3.63, 3.8) is 0 Å². The number of carbonyl (C=O) groups is 1. The Labute approximate surface area is 122 Å². The molecule has 4 nitrogen and oxygen atoms in total. The van der Waals surface area contributed by atoms with Gasteiger partial charge < -0.3 is 15.5 Å². The maximum Gasteiger partial charge on any atom is 0.241 e. The Kier molecular flexibility index (Phi) is 4.47. The molecule has 0 saturated carbocycles. The zero-order chi connectivity index (χ0) is 14.0. The van der Waals surface area contributed by atoms with Crippen molar-refractivity contribution in [1.82, 2.24) is 4.90 Å². The van der Waals surface area contributed by atoms with Crippen molar-refractivity contribution >= 4 is 27.5 Å². The predicted octanol–water partition coefficient (Wildman–Crippen LogP) is 2.14. The molecule has 0 bridgehead atoms. The molecule has 5 heteroatoms. The van der Waals surface area contributed by atoms with Crippen molar-refractivity contribution in [1.29, 1.82) is 0 Å². The molecule has 1 atom stereocenters. The zero-order valence-electron chi connectivity index (χ0n) is 11.4. The first-order chi connectivity index (χ1) is 8.99. The minimum atomic E-state index is 0.000300. The zero-order valence-corrected chi connectivity index (χ0v) is 13.0. The summed E-state index contributed by atoms with van der Waals surface area (Å²) in [5, 5.41) is 0. The van der Waals surface area contributed by atoms with Gasteiger partial charge in [-0.05, 0) is 31.0 Å². The maximum absolute atomic E-state index is 11.9. The average Bonchev–Trinajstić information content (AvgIpc) is 2.51. The van der Waals surface area contributed by atoms with Crippen LogP contribution in [0, 0.1) is 0 Å². The van der Waals surface area contributed by atoms with Crippen LogP contribution < -0.4 is 10.6 Å². The van der Waals surface area contributed by atoms with Gasteiger partial charge in [-0.3, -0.25) is 4.79 Å². The van der Waals surface area contributed by atoms with Crippen molar-refractivity contribution in [2.75, 3.05) is 31.6 Å². The molecular formula is C14H20BrN3O. The van der Waals surface area contributed by atoms with Crippen molar-refractivity contribution < 1.29 is 4.79 Å². The molecule has 2 N–H and O–H groups in total. The molecular weight excluding hydrogens is 306 g/mol. The Morgan fingerprint density at radius 3 is 2.74 bits per heavy atom. The first kappa shape index (κ1) is 14.3. The van der Waals surface area contributed by atoms with Gasteiger partial charge in [0.1, 0.15) is 0 Å². The molecule has 19 heavy (non-hydrogen) atoms. The van der Waals surface area contributed by atoms with Gasteiger partial charge in [-0.25, -0.2) is 0 Å². The Hall–Kier alpha value is -1.07. The number of anilines is 1. The molecule has 1 aliphatic heterocycles. The van der Waals surface area contributed by atoms with Crippen LogP contribution >= 0.6 is 15.9 Å². The van der Waals surface area contributed by atoms with Crippen LogP contribution in [0.5, 0.6) is 0 Å². The Bertz CT molecular complexity index is 476. The highest BCUT2D eigenvalue weighted by Crippen LogP contribution is 2.28.